The number of hydrogen-bond acceptors (Lipinski definition) is 4. The Labute approximate surface area is 159 Å². The van der Waals surface area contributed by atoms with Crippen LogP contribution in [0.25, 0.3) is 10.9 Å². The summed E-state index contributed by atoms with van der Waals surface area (Å²) in [5, 5.41) is 0.534. The summed E-state index contributed by atoms with van der Waals surface area (Å²) in [4.78, 5) is 2.14. The first-order valence-electron chi connectivity index (χ1n) is 8.75. The predicted octanol–water partition coefficient (Wildman–Crippen LogP) is 3.52. The van der Waals surface area contributed by atoms with Crippen molar-refractivity contribution in [3.05, 3.63) is 60.0 Å². The van der Waals surface area contributed by atoms with E-state index in [0.29, 0.717) is 23.3 Å². The SMILES string of the molecule is CCc1ccc(S(=O)(=O)n2ccc3cc(F)ccc32)cc1OCCN(C)C. The Morgan fingerprint density at radius 1 is 1.11 bits per heavy atom. The Balaban J connectivity index is 2.00. The number of benzene rings is 2. The molecule has 0 atom stereocenters. The van der Waals surface area contributed by atoms with Crippen LogP contribution < -0.4 is 4.74 Å². The highest BCUT2D eigenvalue weighted by Crippen LogP contribution is 2.28. The first-order chi connectivity index (χ1) is 12.8. The largest absolute Gasteiger partial charge is 0.492 e. The van der Waals surface area contributed by atoms with Crippen LogP contribution in [-0.2, 0) is 16.4 Å². The molecule has 0 amide bonds. The molecule has 0 saturated carbocycles. The molecule has 2 aromatic carbocycles. The minimum absolute atomic E-state index is 0.140. The molecule has 0 aliphatic rings. The first-order valence-corrected chi connectivity index (χ1v) is 10.2. The quantitative estimate of drug-likeness (QED) is 0.619. The molecule has 0 bridgehead atoms. The molecule has 144 valence electrons. The van der Waals surface area contributed by atoms with E-state index in [1.807, 2.05) is 25.9 Å². The van der Waals surface area contributed by atoms with Crippen LogP contribution >= 0.6 is 0 Å². The molecule has 0 fully saturated rings. The maximum atomic E-state index is 13.4. The molecule has 0 saturated heterocycles. The summed E-state index contributed by atoms with van der Waals surface area (Å²) < 4.78 is 46.7. The standard InChI is InChI=1S/C20H23FN2O3S/c1-4-15-5-7-18(14-20(15)26-12-11-22(2)3)27(24,25)23-10-9-16-13-17(21)6-8-19(16)23/h5-10,13-14H,4,11-12H2,1-3H3. The molecule has 3 aromatic rings. The summed E-state index contributed by atoms with van der Waals surface area (Å²) in [6.07, 6.45) is 2.18. The zero-order valence-electron chi connectivity index (χ0n) is 15.6. The van der Waals surface area contributed by atoms with E-state index in [-0.39, 0.29) is 4.90 Å². The number of nitrogens with zero attached hydrogens (tertiary/aromatic N) is 2. The first kappa shape index (κ1) is 19.4. The lowest BCUT2D eigenvalue weighted by Crippen LogP contribution is -2.20. The van der Waals surface area contributed by atoms with E-state index < -0.39 is 15.8 Å². The fourth-order valence-corrected chi connectivity index (χ4v) is 4.24. The highest BCUT2D eigenvalue weighted by Gasteiger charge is 2.21. The van der Waals surface area contributed by atoms with Crippen LogP contribution in [0.4, 0.5) is 4.39 Å². The summed E-state index contributed by atoms with van der Waals surface area (Å²) in [6, 6.07) is 10.6. The maximum absolute atomic E-state index is 13.4. The van der Waals surface area contributed by atoms with E-state index >= 15 is 0 Å². The normalized spacial score (nSPS) is 12.0. The van der Waals surface area contributed by atoms with Crippen molar-refractivity contribution in [2.45, 2.75) is 18.2 Å². The van der Waals surface area contributed by atoms with Crippen molar-refractivity contribution < 1.29 is 17.5 Å². The van der Waals surface area contributed by atoms with Crippen LogP contribution in [0.1, 0.15) is 12.5 Å². The second kappa shape index (κ2) is 7.70. The Morgan fingerprint density at radius 2 is 1.89 bits per heavy atom. The molecule has 5 nitrogen and oxygen atoms in total. The average molecular weight is 390 g/mol. The number of ether oxygens (including phenoxy) is 1. The van der Waals surface area contributed by atoms with E-state index in [4.69, 9.17) is 4.74 Å². The topological polar surface area (TPSA) is 51.5 Å². The lowest BCUT2D eigenvalue weighted by molar-refractivity contribution is 0.259. The molecule has 0 aliphatic heterocycles. The zero-order valence-corrected chi connectivity index (χ0v) is 16.5. The Kier molecular flexibility index (Phi) is 5.53. The van der Waals surface area contributed by atoms with E-state index in [1.54, 1.807) is 24.3 Å². The molecular weight excluding hydrogens is 367 g/mol. The molecule has 0 unspecified atom stereocenters. The van der Waals surface area contributed by atoms with Gasteiger partial charge in [0.2, 0.25) is 0 Å². The van der Waals surface area contributed by atoms with Crippen molar-refractivity contribution in [3.8, 4) is 5.75 Å². The number of hydrogen-bond donors (Lipinski definition) is 0. The Bertz CT molecular complexity index is 1060. The van der Waals surface area contributed by atoms with Gasteiger partial charge in [-0.2, -0.15) is 0 Å². The van der Waals surface area contributed by atoms with Crippen LogP contribution in [0.2, 0.25) is 0 Å². The van der Waals surface area contributed by atoms with Gasteiger partial charge in [0.25, 0.3) is 10.0 Å². The summed E-state index contributed by atoms with van der Waals surface area (Å²) in [6.45, 7) is 3.19. The van der Waals surface area contributed by atoms with E-state index in [9.17, 15) is 12.8 Å². The van der Waals surface area contributed by atoms with Gasteiger partial charge < -0.3 is 9.64 Å². The van der Waals surface area contributed by atoms with Gasteiger partial charge in [-0.3, -0.25) is 0 Å². The van der Waals surface area contributed by atoms with Crippen molar-refractivity contribution >= 4 is 20.9 Å². The van der Waals surface area contributed by atoms with E-state index in [2.05, 4.69) is 0 Å². The molecule has 1 heterocycles. The number of likely N-dealkylation sites (N-methyl/N-ethyl adjacent to an activating group) is 1. The summed E-state index contributed by atoms with van der Waals surface area (Å²) in [7, 11) is 0.0786. The predicted molar refractivity (Wildman–Crippen MR) is 104 cm³/mol. The molecule has 27 heavy (non-hydrogen) atoms. The fraction of sp³-hybridized carbons (Fsp3) is 0.300. The van der Waals surface area contributed by atoms with Crippen molar-refractivity contribution in [2.24, 2.45) is 0 Å². The number of fused-ring (bicyclic) bond motifs is 1. The molecule has 3 rings (SSSR count). The third-order valence-electron chi connectivity index (χ3n) is 4.39. The second-order valence-corrected chi connectivity index (χ2v) is 8.41. The minimum atomic E-state index is -3.82. The highest BCUT2D eigenvalue weighted by atomic mass is 32.2. The van der Waals surface area contributed by atoms with Gasteiger partial charge in [-0.25, -0.2) is 16.8 Å². The molecule has 7 heteroatoms. The Hall–Kier alpha value is -2.38. The van der Waals surface area contributed by atoms with Crippen LogP contribution in [0.15, 0.2) is 53.6 Å². The smallest absolute Gasteiger partial charge is 0.268 e. The van der Waals surface area contributed by atoms with Crippen molar-refractivity contribution in [1.82, 2.24) is 8.87 Å². The summed E-state index contributed by atoms with van der Waals surface area (Å²) in [5.74, 6) is 0.171. The third-order valence-corrected chi connectivity index (χ3v) is 6.07. The van der Waals surface area contributed by atoms with Crippen molar-refractivity contribution in [1.29, 1.82) is 0 Å². The van der Waals surface area contributed by atoms with E-state index in [0.717, 1.165) is 18.5 Å². The third kappa shape index (κ3) is 3.99. The van der Waals surface area contributed by atoms with Gasteiger partial charge in [-0.1, -0.05) is 13.0 Å². The molecule has 0 radical (unpaired) electrons. The average Bonchev–Trinajstić information content (AvgIpc) is 3.05. The lowest BCUT2D eigenvalue weighted by atomic mass is 10.1. The fourth-order valence-electron chi connectivity index (χ4n) is 2.87. The van der Waals surface area contributed by atoms with Gasteiger partial charge in [0.05, 0.1) is 10.4 Å². The van der Waals surface area contributed by atoms with Crippen LogP contribution in [0.3, 0.4) is 0 Å². The molecule has 0 N–H and O–H groups in total. The summed E-state index contributed by atoms with van der Waals surface area (Å²) in [5.41, 5.74) is 1.39. The van der Waals surface area contributed by atoms with Crippen molar-refractivity contribution in [2.75, 3.05) is 27.2 Å². The zero-order chi connectivity index (χ0) is 19.6. The van der Waals surface area contributed by atoms with E-state index in [1.165, 1.54) is 28.4 Å². The highest BCUT2D eigenvalue weighted by molar-refractivity contribution is 7.90. The monoisotopic (exact) mass is 390 g/mol. The summed E-state index contributed by atoms with van der Waals surface area (Å²) >= 11 is 0. The maximum Gasteiger partial charge on any atom is 0.268 e. The Morgan fingerprint density at radius 3 is 2.59 bits per heavy atom. The second-order valence-electron chi connectivity index (χ2n) is 6.59. The number of aromatic nitrogens is 1. The minimum Gasteiger partial charge on any atom is -0.492 e. The molecule has 1 aromatic heterocycles. The van der Waals surface area contributed by atoms with Crippen molar-refractivity contribution in [3.63, 3.8) is 0 Å². The van der Waals surface area contributed by atoms with Gasteiger partial charge >= 0.3 is 0 Å². The van der Waals surface area contributed by atoms with Gasteiger partial charge in [0.15, 0.2) is 0 Å². The molecule has 0 spiro atoms. The van der Waals surface area contributed by atoms with Gasteiger partial charge in [-0.05, 0) is 56.4 Å². The van der Waals surface area contributed by atoms with Gasteiger partial charge in [0.1, 0.15) is 18.2 Å². The molecule has 0 aliphatic carbocycles. The molecular formula is C20H23FN2O3S. The van der Waals surface area contributed by atoms with Gasteiger partial charge in [-0.15, -0.1) is 0 Å². The van der Waals surface area contributed by atoms with Crippen LogP contribution in [-0.4, -0.2) is 44.5 Å². The van der Waals surface area contributed by atoms with Crippen LogP contribution in [0.5, 0.6) is 5.75 Å². The van der Waals surface area contributed by atoms with Gasteiger partial charge in [0, 0.05) is 24.2 Å². The van der Waals surface area contributed by atoms with Crippen LogP contribution in [0, 0.1) is 5.82 Å². The number of halogens is 1. The number of rotatable bonds is 7. The number of aryl methyl sites for hydroxylation is 1. The lowest BCUT2D eigenvalue weighted by Gasteiger charge is -2.15.